The van der Waals surface area contributed by atoms with Gasteiger partial charge in [0.15, 0.2) is 5.60 Å². The molecule has 0 saturated carbocycles. The smallest absolute Gasteiger partial charge is 0.337 e. The molecule has 1 atom stereocenters. The maximum atomic E-state index is 12.8. The fourth-order valence-corrected chi connectivity index (χ4v) is 1.30. The Bertz CT molecular complexity index is 507. The molecule has 0 heterocycles. The largest absolute Gasteiger partial charge is 0.479 e. The number of aliphatic hydroxyl groups is 1. The molecule has 0 aliphatic rings. The predicted molar refractivity (Wildman–Crippen MR) is 66.7 cm³/mol. The minimum Gasteiger partial charge on any atom is -0.479 e. The average Bonchev–Trinajstić information content (AvgIpc) is 2.30. The topological polar surface area (TPSA) is 98.7 Å². The molecule has 1 rings (SSSR count). The number of carboxylic acids is 1. The van der Waals surface area contributed by atoms with Gasteiger partial charge in [0.25, 0.3) is 0 Å². The third-order valence-electron chi connectivity index (χ3n) is 2.23. The molecule has 19 heavy (non-hydrogen) atoms. The van der Waals surface area contributed by atoms with E-state index >= 15 is 0 Å². The summed E-state index contributed by atoms with van der Waals surface area (Å²) >= 11 is 5.69. The number of benzene rings is 1. The van der Waals surface area contributed by atoms with E-state index < -0.39 is 30.0 Å². The number of hydrogen-bond donors (Lipinski definition) is 4. The van der Waals surface area contributed by atoms with Crippen LogP contribution in [0.1, 0.15) is 6.92 Å². The molecule has 4 N–H and O–H groups in total. The molecule has 0 aliphatic carbocycles. The Labute approximate surface area is 113 Å². The zero-order valence-electron chi connectivity index (χ0n) is 9.91. The van der Waals surface area contributed by atoms with E-state index in [-0.39, 0.29) is 10.7 Å². The van der Waals surface area contributed by atoms with Gasteiger partial charge in [-0.3, -0.25) is 0 Å². The van der Waals surface area contributed by atoms with Gasteiger partial charge in [0.1, 0.15) is 5.82 Å². The standard InChI is InChI=1S/C11H12ClFN2O4/c1-11(19,9(16)17)5-14-10(18)15-8-3-2-6(13)4-7(8)12/h2-4,19H,5H2,1H3,(H,16,17)(H2,14,15,18). The summed E-state index contributed by atoms with van der Waals surface area (Å²) in [5, 5.41) is 22.5. The number of halogens is 2. The third-order valence-corrected chi connectivity index (χ3v) is 2.55. The Morgan fingerprint density at radius 1 is 1.47 bits per heavy atom. The molecule has 0 aliphatic heterocycles. The highest BCUT2D eigenvalue weighted by atomic mass is 35.5. The van der Waals surface area contributed by atoms with Gasteiger partial charge >= 0.3 is 12.0 Å². The summed E-state index contributed by atoms with van der Waals surface area (Å²) in [4.78, 5) is 22.0. The summed E-state index contributed by atoms with van der Waals surface area (Å²) in [5.41, 5.74) is -1.92. The summed E-state index contributed by atoms with van der Waals surface area (Å²) < 4.78 is 12.8. The summed E-state index contributed by atoms with van der Waals surface area (Å²) in [6.07, 6.45) is 0. The van der Waals surface area contributed by atoms with Crippen molar-refractivity contribution in [1.29, 1.82) is 0 Å². The summed E-state index contributed by atoms with van der Waals surface area (Å²) in [6, 6.07) is 2.61. The van der Waals surface area contributed by atoms with Crippen molar-refractivity contribution in [2.24, 2.45) is 0 Å². The van der Waals surface area contributed by atoms with Gasteiger partial charge in [-0.05, 0) is 25.1 Å². The number of carbonyl (C=O) groups is 2. The molecule has 1 unspecified atom stereocenters. The van der Waals surface area contributed by atoms with Crippen LogP contribution in [-0.2, 0) is 4.79 Å². The van der Waals surface area contributed by atoms with E-state index in [0.717, 1.165) is 19.1 Å². The van der Waals surface area contributed by atoms with Crippen LogP contribution in [-0.4, -0.2) is 34.4 Å². The molecule has 2 amide bonds. The van der Waals surface area contributed by atoms with Crippen molar-refractivity contribution in [2.75, 3.05) is 11.9 Å². The van der Waals surface area contributed by atoms with Crippen LogP contribution in [0, 0.1) is 5.82 Å². The van der Waals surface area contributed by atoms with Crippen molar-refractivity contribution < 1.29 is 24.2 Å². The van der Waals surface area contributed by atoms with Crippen molar-refractivity contribution in [3.05, 3.63) is 29.0 Å². The van der Waals surface area contributed by atoms with E-state index in [2.05, 4.69) is 10.6 Å². The fourth-order valence-electron chi connectivity index (χ4n) is 1.09. The average molecular weight is 291 g/mol. The highest BCUT2D eigenvalue weighted by Gasteiger charge is 2.30. The molecule has 104 valence electrons. The first kappa shape index (κ1) is 15.2. The molecular weight excluding hydrogens is 279 g/mol. The number of aliphatic carboxylic acids is 1. The van der Waals surface area contributed by atoms with Gasteiger partial charge in [-0.25, -0.2) is 14.0 Å². The van der Waals surface area contributed by atoms with Crippen LogP contribution >= 0.6 is 11.6 Å². The highest BCUT2D eigenvalue weighted by Crippen LogP contribution is 2.22. The zero-order valence-corrected chi connectivity index (χ0v) is 10.7. The van der Waals surface area contributed by atoms with Gasteiger partial charge in [0, 0.05) is 0 Å². The molecule has 0 aromatic heterocycles. The number of carboxylic acid groups (broad SMARTS) is 1. The summed E-state index contributed by atoms with van der Waals surface area (Å²) in [5.74, 6) is -2.02. The third kappa shape index (κ3) is 4.38. The van der Waals surface area contributed by atoms with Crippen LogP contribution in [0.4, 0.5) is 14.9 Å². The molecular formula is C11H12ClFN2O4. The monoisotopic (exact) mass is 290 g/mol. The lowest BCUT2D eigenvalue weighted by Gasteiger charge is -2.18. The van der Waals surface area contributed by atoms with E-state index in [1.54, 1.807) is 0 Å². The normalized spacial score (nSPS) is 13.5. The summed E-state index contributed by atoms with van der Waals surface area (Å²) in [7, 11) is 0. The van der Waals surface area contributed by atoms with Gasteiger partial charge in [0.2, 0.25) is 0 Å². The van der Waals surface area contributed by atoms with Gasteiger partial charge in [-0.1, -0.05) is 11.6 Å². The molecule has 0 radical (unpaired) electrons. The zero-order chi connectivity index (χ0) is 14.6. The van der Waals surface area contributed by atoms with Crippen LogP contribution in [0.5, 0.6) is 0 Å². The fraction of sp³-hybridized carbons (Fsp3) is 0.273. The van der Waals surface area contributed by atoms with Crippen LogP contribution in [0.3, 0.4) is 0 Å². The minimum absolute atomic E-state index is 0.000134. The lowest BCUT2D eigenvalue weighted by molar-refractivity contribution is -0.155. The second-order valence-corrected chi connectivity index (χ2v) is 4.42. The molecule has 0 fully saturated rings. The molecule has 1 aromatic rings. The first-order valence-electron chi connectivity index (χ1n) is 5.18. The number of urea groups is 1. The molecule has 0 saturated heterocycles. The molecule has 1 aromatic carbocycles. The molecule has 6 nitrogen and oxygen atoms in total. The minimum atomic E-state index is -2.08. The maximum Gasteiger partial charge on any atom is 0.337 e. The number of amides is 2. The Morgan fingerprint density at radius 2 is 2.11 bits per heavy atom. The Kier molecular flexibility index (Phi) is 4.68. The predicted octanol–water partition coefficient (Wildman–Crippen LogP) is 1.44. The van der Waals surface area contributed by atoms with E-state index in [1.807, 2.05) is 0 Å². The van der Waals surface area contributed by atoms with Crippen LogP contribution in [0.25, 0.3) is 0 Å². The first-order chi connectivity index (χ1) is 8.72. The lowest BCUT2D eigenvalue weighted by Crippen LogP contribution is -2.47. The molecule has 0 bridgehead atoms. The number of nitrogens with one attached hydrogen (secondary N) is 2. The molecule has 0 spiro atoms. The van der Waals surface area contributed by atoms with Gasteiger partial charge in [0.05, 0.1) is 17.3 Å². The Balaban J connectivity index is 2.59. The van der Waals surface area contributed by atoms with Crippen molar-refractivity contribution in [3.63, 3.8) is 0 Å². The second-order valence-electron chi connectivity index (χ2n) is 4.01. The van der Waals surface area contributed by atoms with Gasteiger partial charge in [-0.2, -0.15) is 0 Å². The first-order valence-corrected chi connectivity index (χ1v) is 5.56. The van der Waals surface area contributed by atoms with Crippen molar-refractivity contribution in [3.8, 4) is 0 Å². The van der Waals surface area contributed by atoms with E-state index in [9.17, 15) is 19.1 Å². The number of carbonyl (C=O) groups excluding carboxylic acids is 1. The number of hydrogen-bond acceptors (Lipinski definition) is 3. The second kappa shape index (κ2) is 5.85. The van der Waals surface area contributed by atoms with Crippen molar-refractivity contribution >= 4 is 29.3 Å². The summed E-state index contributed by atoms with van der Waals surface area (Å²) in [6.45, 7) is 0.549. The quantitative estimate of drug-likeness (QED) is 0.674. The lowest BCUT2D eigenvalue weighted by atomic mass is 10.1. The van der Waals surface area contributed by atoms with Crippen molar-refractivity contribution in [1.82, 2.24) is 5.32 Å². The Hall–Kier alpha value is -1.86. The van der Waals surface area contributed by atoms with Gasteiger partial charge in [-0.15, -0.1) is 0 Å². The van der Waals surface area contributed by atoms with Crippen LogP contribution in [0.2, 0.25) is 5.02 Å². The number of anilines is 1. The van der Waals surface area contributed by atoms with E-state index in [4.69, 9.17) is 16.7 Å². The van der Waals surface area contributed by atoms with E-state index in [1.165, 1.54) is 6.07 Å². The molecule has 8 heteroatoms. The SMILES string of the molecule is CC(O)(CNC(=O)Nc1ccc(F)cc1Cl)C(=O)O. The highest BCUT2D eigenvalue weighted by molar-refractivity contribution is 6.33. The van der Waals surface area contributed by atoms with Crippen LogP contribution < -0.4 is 10.6 Å². The number of rotatable bonds is 4. The Morgan fingerprint density at radius 3 is 2.63 bits per heavy atom. The van der Waals surface area contributed by atoms with Gasteiger partial charge < -0.3 is 20.8 Å². The van der Waals surface area contributed by atoms with E-state index in [0.29, 0.717) is 0 Å². The van der Waals surface area contributed by atoms with Crippen molar-refractivity contribution in [2.45, 2.75) is 12.5 Å². The van der Waals surface area contributed by atoms with Crippen LogP contribution in [0.15, 0.2) is 18.2 Å². The maximum absolute atomic E-state index is 12.8.